The summed E-state index contributed by atoms with van der Waals surface area (Å²) in [5.41, 5.74) is -0.0892. The van der Waals surface area contributed by atoms with Crippen LogP contribution in [0.1, 0.15) is 33.0 Å². The largest absolute Gasteiger partial charge is 0.472 e. The zero-order chi connectivity index (χ0) is 12.5. The lowest BCUT2D eigenvalue weighted by Crippen LogP contribution is -2.20. The normalized spacial score (nSPS) is 20.6. The van der Waals surface area contributed by atoms with E-state index in [4.69, 9.17) is 9.47 Å². The van der Waals surface area contributed by atoms with E-state index in [9.17, 15) is 0 Å². The van der Waals surface area contributed by atoms with Gasteiger partial charge >= 0.3 is 0 Å². The third-order valence-corrected chi connectivity index (χ3v) is 2.92. The molecule has 0 bridgehead atoms. The van der Waals surface area contributed by atoms with Crippen LogP contribution in [0.4, 0.5) is 0 Å². The quantitative estimate of drug-likeness (QED) is 0.788. The maximum absolute atomic E-state index is 5.79. The second kappa shape index (κ2) is 4.90. The summed E-state index contributed by atoms with van der Waals surface area (Å²) in [6, 6.07) is 1.80. The van der Waals surface area contributed by atoms with Gasteiger partial charge in [-0.25, -0.2) is 4.98 Å². The van der Waals surface area contributed by atoms with Crippen molar-refractivity contribution < 1.29 is 9.47 Å². The Balaban J connectivity index is 2.19. The highest BCUT2D eigenvalue weighted by Gasteiger charge is 2.22. The van der Waals surface area contributed by atoms with Crippen molar-refractivity contribution in [2.45, 2.75) is 38.7 Å². The molecule has 0 amide bonds. The second-order valence-electron chi connectivity index (χ2n) is 5.21. The van der Waals surface area contributed by atoms with E-state index in [1.165, 1.54) is 0 Å². The van der Waals surface area contributed by atoms with Gasteiger partial charge in [0.15, 0.2) is 0 Å². The van der Waals surface area contributed by atoms with Gasteiger partial charge in [-0.05, 0) is 15.9 Å². The van der Waals surface area contributed by atoms with E-state index in [2.05, 4.69) is 46.7 Å². The summed E-state index contributed by atoms with van der Waals surface area (Å²) in [5.74, 6) is 1.40. The van der Waals surface area contributed by atoms with Crippen LogP contribution in [0.2, 0.25) is 0 Å². The summed E-state index contributed by atoms with van der Waals surface area (Å²) in [6.45, 7) is 7.65. The Hall–Kier alpha value is -0.680. The van der Waals surface area contributed by atoms with Crippen LogP contribution in [0.5, 0.6) is 5.88 Å². The van der Waals surface area contributed by atoms with Gasteiger partial charge in [0.1, 0.15) is 16.5 Å². The first-order valence-electron chi connectivity index (χ1n) is 5.74. The molecule has 2 rings (SSSR count). The summed E-state index contributed by atoms with van der Waals surface area (Å²) in [5, 5.41) is 0. The average Bonchev–Trinajstić information content (AvgIpc) is 2.68. The van der Waals surface area contributed by atoms with Crippen LogP contribution in [0, 0.1) is 0 Å². The highest BCUT2D eigenvalue weighted by Crippen LogP contribution is 2.24. The second-order valence-corrected chi connectivity index (χ2v) is 6.02. The van der Waals surface area contributed by atoms with Crippen LogP contribution in [0.15, 0.2) is 10.7 Å². The molecule has 1 aliphatic rings. The van der Waals surface area contributed by atoms with Crippen molar-refractivity contribution in [3.8, 4) is 5.88 Å². The number of aromatic nitrogens is 2. The van der Waals surface area contributed by atoms with Gasteiger partial charge in [0, 0.05) is 17.9 Å². The van der Waals surface area contributed by atoms with Crippen LogP contribution in [-0.2, 0) is 10.2 Å². The number of hydrogen-bond acceptors (Lipinski definition) is 4. The Morgan fingerprint density at radius 1 is 1.41 bits per heavy atom. The lowest BCUT2D eigenvalue weighted by molar-refractivity contribution is 0.137. The first kappa shape index (κ1) is 12.8. The summed E-state index contributed by atoms with van der Waals surface area (Å²) in [7, 11) is 0. The molecule has 1 unspecified atom stereocenters. The molecule has 1 atom stereocenters. The Morgan fingerprint density at radius 3 is 2.76 bits per heavy atom. The molecule has 4 nitrogen and oxygen atoms in total. The number of hydrogen-bond donors (Lipinski definition) is 0. The molecule has 0 radical (unpaired) electrons. The molecule has 17 heavy (non-hydrogen) atoms. The van der Waals surface area contributed by atoms with Gasteiger partial charge in [-0.1, -0.05) is 20.8 Å². The van der Waals surface area contributed by atoms with Crippen molar-refractivity contribution in [3.63, 3.8) is 0 Å². The predicted molar refractivity (Wildman–Crippen MR) is 68.3 cm³/mol. The molecule has 0 spiro atoms. The van der Waals surface area contributed by atoms with Gasteiger partial charge in [0.05, 0.1) is 13.2 Å². The Bertz CT molecular complexity index is 398. The summed E-state index contributed by atoms with van der Waals surface area (Å²) in [6.07, 6.45) is 1.04. The fourth-order valence-corrected chi connectivity index (χ4v) is 1.93. The summed E-state index contributed by atoms with van der Waals surface area (Å²) < 4.78 is 11.8. The van der Waals surface area contributed by atoms with Crippen LogP contribution >= 0.6 is 15.9 Å². The van der Waals surface area contributed by atoms with Crippen LogP contribution in [0.25, 0.3) is 0 Å². The Morgan fingerprint density at radius 2 is 2.18 bits per heavy atom. The van der Waals surface area contributed by atoms with Gasteiger partial charge < -0.3 is 9.47 Å². The van der Waals surface area contributed by atoms with Gasteiger partial charge in [0.25, 0.3) is 0 Å². The van der Waals surface area contributed by atoms with E-state index >= 15 is 0 Å². The SMILES string of the molecule is CC(C)(C)c1nc(Br)cc(OC2CCOC2)n1. The van der Waals surface area contributed by atoms with Gasteiger partial charge in [-0.2, -0.15) is 4.98 Å². The Kier molecular flexibility index (Phi) is 3.68. The highest BCUT2D eigenvalue weighted by molar-refractivity contribution is 9.10. The monoisotopic (exact) mass is 300 g/mol. The number of rotatable bonds is 2. The summed E-state index contributed by atoms with van der Waals surface area (Å²) >= 11 is 3.39. The number of nitrogens with zero attached hydrogens (tertiary/aromatic N) is 2. The first-order valence-corrected chi connectivity index (χ1v) is 6.54. The van der Waals surface area contributed by atoms with Gasteiger partial charge in [0.2, 0.25) is 5.88 Å². The first-order chi connectivity index (χ1) is 7.95. The molecule has 0 N–H and O–H groups in total. The molecule has 2 heterocycles. The maximum atomic E-state index is 5.79. The highest BCUT2D eigenvalue weighted by atomic mass is 79.9. The zero-order valence-corrected chi connectivity index (χ0v) is 12.0. The van der Waals surface area contributed by atoms with Crippen LogP contribution in [-0.4, -0.2) is 29.3 Å². The minimum absolute atomic E-state index is 0.0892. The van der Waals surface area contributed by atoms with E-state index in [1.807, 2.05) is 0 Å². The zero-order valence-electron chi connectivity index (χ0n) is 10.4. The van der Waals surface area contributed by atoms with Crippen molar-refractivity contribution in [2.75, 3.05) is 13.2 Å². The van der Waals surface area contributed by atoms with Crippen molar-refractivity contribution in [1.29, 1.82) is 0 Å². The van der Waals surface area contributed by atoms with E-state index in [1.54, 1.807) is 6.07 Å². The molecule has 0 saturated carbocycles. The van der Waals surface area contributed by atoms with E-state index in [0.29, 0.717) is 12.5 Å². The minimum atomic E-state index is -0.0892. The molecular formula is C12H17BrN2O2. The fraction of sp³-hybridized carbons (Fsp3) is 0.667. The number of ether oxygens (including phenoxy) is 2. The lowest BCUT2D eigenvalue weighted by atomic mass is 9.96. The third kappa shape index (κ3) is 3.39. The van der Waals surface area contributed by atoms with Crippen molar-refractivity contribution >= 4 is 15.9 Å². The third-order valence-electron chi connectivity index (χ3n) is 2.52. The lowest BCUT2D eigenvalue weighted by Gasteiger charge is -2.18. The molecule has 1 saturated heterocycles. The van der Waals surface area contributed by atoms with Crippen molar-refractivity contribution in [1.82, 2.24) is 9.97 Å². The molecule has 1 aromatic heterocycles. The molecule has 1 aromatic rings. The average molecular weight is 301 g/mol. The standard InChI is InChI=1S/C12H17BrN2O2/c1-12(2,3)11-14-9(13)6-10(15-11)17-8-4-5-16-7-8/h6,8H,4-5,7H2,1-3H3. The Labute approximate surface area is 110 Å². The molecule has 1 fully saturated rings. The molecular weight excluding hydrogens is 284 g/mol. The van der Waals surface area contributed by atoms with E-state index < -0.39 is 0 Å². The van der Waals surface area contributed by atoms with E-state index in [0.717, 1.165) is 23.5 Å². The smallest absolute Gasteiger partial charge is 0.218 e. The van der Waals surface area contributed by atoms with Crippen LogP contribution < -0.4 is 4.74 Å². The van der Waals surface area contributed by atoms with Crippen LogP contribution in [0.3, 0.4) is 0 Å². The summed E-state index contributed by atoms with van der Waals surface area (Å²) in [4.78, 5) is 8.82. The molecule has 94 valence electrons. The molecule has 0 aromatic carbocycles. The molecule has 1 aliphatic heterocycles. The van der Waals surface area contributed by atoms with E-state index in [-0.39, 0.29) is 11.5 Å². The topological polar surface area (TPSA) is 44.2 Å². The van der Waals surface area contributed by atoms with Gasteiger partial charge in [-0.15, -0.1) is 0 Å². The predicted octanol–water partition coefficient (Wildman–Crippen LogP) is 2.70. The fourth-order valence-electron chi connectivity index (χ4n) is 1.57. The molecule has 0 aliphatic carbocycles. The molecule has 5 heteroatoms. The van der Waals surface area contributed by atoms with Gasteiger partial charge in [-0.3, -0.25) is 0 Å². The van der Waals surface area contributed by atoms with Crippen molar-refractivity contribution in [3.05, 3.63) is 16.5 Å². The van der Waals surface area contributed by atoms with Crippen molar-refractivity contribution in [2.24, 2.45) is 0 Å². The maximum Gasteiger partial charge on any atom is 0.218 e. The number of halogens is 1. The minimum Gasteiger partial charge on any atom is -0.472 e.